The summed E-state index contributed by atoms with van der Waals surface area (Å²) in [5.41, 5.74) is 10.9. The van der Waals surface area contributed by atoms with Gasteiger partial charge in [0.05, 0.1) is 19.1 Å². The first kappa shape index (κ1) is 27.5. The van der Waals surface area contributed by atoms with E-state index in [0.29, 0.717) is 11.8 Å². The largest absolute Gasteiger partial charge is 0.479 e. The molecule has 5 amide bonds. The molecule has 5 atom stereocenters. The number of nitrogens with two attached hydrogens (primary N) is 2. The van der Waals surface area contributed by atoms with Gasteiger partial charge in [-0.15, -0.1) is 11.8 Å². The van der Waals surface area contributed by atoms with E-state index in [1.54, 1.807) is 0 Å². The number of primary amides is 1. The van der Waals surface area contributed by atoms with Gasteiger partial charge in [-0.25, -0.2) is 4.79 Å². The highest BCUT2D eigenvalue weighted by Gasteiger charge is 2.42. The van der Waals surface area contributed by atoms with Crippen LogP contribution in [0.15, 0.2) is 0 Å². The zero-order valence-electron chi connectivity index (χ0n) is 17.0. The molecule has 1 fully saturated rings. The normalized spacial score (nSPS) is 30.6. The van der Waals surface area contributed by atoms with Gasteiger partial charge in [0.2, 0.25) is 29.5 Å². The Morgan fingerprint density at radius 2 is 1.69 bits per heavy atom. The minimum Gasteiger partial charge on any atom is -0.479 e. The van der Waals surface area contributed by atoms with Crippen LogP contribution >= 0.6 is 24.4 Å². The molecular formula is C16H26N6O8S2. The number of carboxylic acids is 1. The van der Waals surface area contributed by atoms with Gasteiger partial charge in [0.25, 0.3) is 0 Å². The first-order valence-electron chi connectivity index (χ1n) is 9.23. The van der Waals surface area contributed by atoms with Crippen LogP contribution in [0.5, 0.6) is 0 Å². The minimum atomic E-state index is -2.07. The van der Waals surface area contributed by atoms with E-state index >= 15 is 0 Å². The standard InChI is InChI=1S/C16H26N6O8S2/c1-6-11(25)20-8(2-10(18)24)14(28)22-16(5-31,15(29)30)32-4-7(17)12(26)21-9(3-23)13(27)19-6/h6-9,23,31H,2-5,17H2,1H3,(H2,18,24)(H,19,27)(H,20,25)(H,21,26)(H,22,28)(H,29,30)/t6-,7-,8-,9?,16+/m0/s1. The molecule has 0 spiro atoms. The summed E-state index contributed by atoms with van der Waals surface area (Å²) in [6.45, 7) is 0.434. The third-order valence-electron chi connectivity index (χ3n) is 4.35. The van der Waals surface area contributed by atoms with Crippen LogP contribution in [-0.2, 0) is 28.8 Å². The highest BCUT2D eigenvalue weighted by Crippen LogP contribution is 2.26. The topological polar surface area (TPSA) is 243 Å². The van der Waals surface area contributed by atoms with Crippen LogP contribution in [-0.4, -0.2) is 92.9 Å². The van der Waals surface area contributed by atoms with Crippen LogP contribution in [0.4, 0.5) is 0 Å². The second-order valence-electron chi connectivity index (χ2n) is 6.90. The molecule has 32 heavy (non-hydrogen) atoms. The van der Waals surface area contributed by atoms with Crippen LogP contribution in [0.3, 0.4) is 0 Å². The minimum absolute atomic E-state index is 0.331. The van der Waals surface area contributed by atoms with Crippen molar-refractivity contribution < 1.29 is 39.0 Å². The number of hydrogen-bond acceptors (Lipinski definition) is 10. The van der Waals surface area contributed by atoms with Crippen LogP contribution < -0.4 is 32.7 Å². The highest BCUT2D eigenvalue weighted by molar-refractivity contribution is 8.02. The number of rotatable bonds is 5. The summed E-state index contributed by atoms with van der Waals surface area (Å²) in [6, 6.07) is -5.61. The van der Waals surface area contributed by atoms with E-state index in [1.165, 1.54) is 6.92 Å². The number of nitrogens with one attached hydrogen (secondary N) is 4. The van der Waals surface area contributed by atoms with Crippen LogP contribution in [0.2, 0.25) is 0 Å². The molecule has 0 aromatic rings. The quantitative estimate of drug-likeness (QED) is 0.165. The Morgan fingerprint density at radius 1 is 1.09 bits per heavy atom. The molecule has 1 unspecified atom stereocenters. The smallest absolute Gasteiger partial charge is 0.340 e. The van der Waals surface area contributed by atoms with Gasteiger partial charge in [-0.05, 0) is 6.92 Å². The van der Waals surface area contributed by atoms with Gasteiger partial charge in [0.15, 0.2) is 4.87 Å². The second kappa shape index (κ2) is 11.9. The Balaban J connectivity index is 3.38. The summed E-state index contributed by atoms with van der Waals surface area (Å²) in [6.07, 6.45) is -0.663. The van der Waals surface area contributed by atoms with Crippen molar-refractivity contribution in [2.24, 2.45) is 11.5 Å². The number of aliphatic hydroxyl groups is 1. The molecule has 180 valence electrons. The van der Waals surface area contributed by atoms with Crippen molar-refractivity contribution in [1.29, 1.82) is 0 Å². The molecule has 0 aromatic heterocycles. The molecule has 1 heterocycles. The first-order valence-corrected chi connectivity index (χ1v) is 10.8. The molecule has 1 saturated heterocycles. The van der Waals surface area contributed by atoms with Crippen molar-refractivity contribution in [3.63, 3.8) is 0 Å². The molecule has 10 N–H and O–H groups in total. The molecule has 0 saturated carbocycles. The summed E-state index contributed by atoms with van der Waals surface area (Å²) >= 11 is 4.55. The van der Waals surface area contributed by atoms with Gasteiger partial charge in [-0.3, -0.25) is 24.0 Å². The molecule has 1 aliphatic rings. The van der Waals surface area contributed by atoms with E-state index in [0.717, 1.165) is 0 Å². The number of aliphatic hydroxyl groups excluding tert-OH is 1. The number of hydrogen-bond donors (Lipinski definition) is 9. The van der Waals surface area contributed by atoms with E-state index in [1.807, 2.05) is 0 Å². The summed E-state index contributed by atoms with van der Waals surface area (Å²) < 4.78 is 0. The first-order chi connectivity index (χ1) is 14.9. The Bertz CT molecular complexity index is 784. The van der Waals surface area contributed by atoms with Gasteiger partial charge >= 0.3 is 5.97 Å². The predicted molar refractivity (Wildman–Crippen MR) is 115 cm³/mol. The van der Waals surface area contributed by atoms with E-state index in [4.69, 9.17) is 11.5 Å². The van der Waals surface area contributed by atoms with Gasteiger partial charge in [-0.2, -0.15) is 12.6 Å². The Hall–Kier alpha value is -2.56. The molecule has 1 rings (SSSR count). The third kappa shape index (κ3) is 7.25. The number of amides is 5. The fourth-order valence-electron chi connectivity index (χ4n) is 2.46. The summed E-state index contributed by atoms with van der Waals surface area (Å²) in [4.78, 5) is 71.0. The zero-order valence-corrected chi connectivity index (χ0v) is 18.7. The molecule has 14 nitrogen and oxygen atoms in total. The third-order valence-corrected chi connectivity index (χ3v) is 6.47. The van der Waals surface area contributed by atoms with Gasteiger partial charge in [0.1, 0.15) is 18.1 Å². The van der Waals surface area contributed by atoms with Crippen molar-refractivity contribution in [2.75, 3.05) is 18.1 Å². The zero-order chi connectivity index (χ0) is 24.6. The average molecular weight is 495 g/mol. The lowest BCUT2D eigenvalue weighted by Gasteiger charge is -2.31. The molecule has 0 aliphatic carbocycles. The van der Waals surface area contributed by atoms with Crippen molar-refractivity contribution in [1.82, 2.24) is 21.3 Å². The van der Waals surface area contributed by atoms with Crippen molar-refractivity contribution >= 4 is 59.9 Å². The molecule has 0 aromatic carbocycles. The predicted octanol–water partition coefficient (Wildman–Crippen LogP) is -4.77. The van der Waals surface area contributed by atoms with Gasteiger partial charge < -0.3 is 42.9 Å². The van der Waals surface area contributed by atoms with Crippen LogP contribution in [0.1, 0.15) is 13.3 Å². The molecule has 0 bridgehead atoms. The lowest BCUT2D eigenvalue weighted by molar-refractivity contribution is -0.143. The van der Waals surface area contributed by atoms with Crippen molar-refractivity contribution in [3.05, 3.63) is 0 Å². The fourth-order valence-corrected chi connectivity index (χ4v) is 3.95. The van der Waals surface area contributed by atoms with Gasteiger partial charge in [-0.1, -0.05) is 0 Å². The number of thiol groups is 1. The van der Waals surface area contributed by atoms with E-state index < -0.39 is 83.3 Å². The van der Waals surface area contributed by atoms with E-state index in [9.17, 15) is 39.0 Å². The summed E-state index contributed by atoms with van der Waals surface area (Å²) in [7, 11) is 0. The van der Waals surface area contributed by atoms with Crippen LogP contribution in [0, 0.1) is 0 Å². The SMILES string of the molecule is C[C@@H]1NC(=O)C(CO)NC(=O)[C@@H](N)CS[C@](CS)(C(=O)O)NC(=O)[C@H](CC(N)=O)NC1=O. The average Bonchev–Trinajstić information content (AvgIpc) is 2.72. The van der Waals surface area contributed by atoms with Crippen molar-refractivity contribution in [3.8, 4) is 0 Å². The maximum Gasteiger partial charge on any atom is 0.340 e. The number of carbonyl (C=O) groups excluding carboxylic acids is 5. The monoisotopic (exact) mass is 494 g/mol. The van der Waals surface area contributed by atoms with Gasteiger partial charge in [0, 0.05) is 11.5 Å². The lowest BCUT2D eigenvalue weighted by atomic mass is 10.1. The number of aliphatic carboxylic acids is 1. The Kier molecular flexibility index (Phi) is 10.2. The summed E-state index contributed by atoms with van der Waals surface area (Å²) in [5, 5.41) is 28.0. The second-order valence-corrected chi connectivity index (χ2v) is 8.54. The lowest BCUT2D eigenvalue weighted by Crippen LogP contribution is -2.61. The molecule has 1 aliphatic heterocycles. The number of carbonyl (C=O) groups is 6. The molecule has 0 radical (unpaired) electrons. The Labute approximate surface area is 192 Å². The number of carboxylic acid groups (broad SMARTS) is 1. The molecular weight excluding hydrogens is 468 g/mol. The summed E-state index contributed by atoms with van der Waals surface area (Å²) in [5.74, 6) is -7.02. The fraction of sp³-hybridized carbons (Fsp3) is 0.625. The van der Waals surface area contributed by atoms with E-state index in [2.05, 4.69) is 33.9 Å². The number of thioether (sulfide) groups is 1. The Morgan fingerprint density at radius 3 is 2.19 bits per heavy atom. The maximum atomic E-state index is 12.8. The van der Waals surface area contributed by atoms with Crippen LogP contribution in [0.25, 0.3) is 0 Å². The van der Waals surface area contributed by atoms with E-state index in [-0.39, 0.29) is 5.75 Å². The maximum absolute atomic E-state index is 12.8. The molecule has 16 heteroatoms. The highest BCUT2D eigenvalue weighted by atomic mass is 32.2. The van der Waals surface area contributed by atoms with Crippen molar-refractivity contribution in [2.45, 2.75) is 42.4 Å².